The van der Waals surface area contributed by atoms with Gasteiger partial charge in [0.15, 0.2) is 6.10 Å². The van der Waals surface area contributed by atoms with E-state index in [4.69, 9.17) is 19.7 Å². The van der Waals surface area contributed by atoms with Crippen LogP contribution >= 0.6 is 0 Å². The first-order valence-electron chi connectivity index (χ1n) is 9.15. The standard InChI is InChI=1S/C21H21N3O6/c1-11-17(12(2)30-24-11)10-28-18-9-15-7-5-4-6-14(15)8-16(18)20(26)29-13(3)19(25)23-21(22)27/h4-9,13H,10H2,1-3H3,(H3,22,23,25,27)/t13-/m0/s1. The minimum atomic E-state index is -1.23. The summed E-state index contributed by atoms with van der Waals surface area (Å²) in [6.45, 7) is 5.04. The number of imide groups is 1. The first-order valence-corrected chi connectivity index (χ1v) is 9.15. The van der Waals surface area contributed by atoms with Crippen LogP contribution in [-0.4, -0.2) is 29.2 Å². The van der Waals surface area contributed by atoms with Crippen molar-refractivity contribution in [1.29, 1.82) is 0 Å². The number of ether oxygens (including phenoxy) is 2. The van der Waals surface area contributed by atoms with Crippen molar-refractivity contribution in [2.24, 2.45) is 5.73 Å². The number of rotatable bonds is 6. The summed E-state index contributed by atoms with van der Waals surface area (Å²) in [5.41, 5.74) is 6.53. The number of carbonyl (C=O) groups is 3. The Morgan fingerprint density at radius 3 is 2.43 bits per heavy atom. The smallest absolute Gasteiger partial charge is 0.342 e. The molecule has 156 valence electrons. The molecule has 9 nitrogen and oxygen atoms in total. The van der Waals surface area contributed by atoms with Gasteiger partial charge in [-0.05, 0) is 43.7 Å². The predicted octanol–water partition coefficient (Wildman–Crippen LogP) is 2.76. The highest BCUT2D eigenvalue weighted by Gasteiger charge is 2.23. The number of nitrogens with two attached hydrogens (primary N) is 1. The molecule has 0 radical (unpaired) electrons. The van der Waals surface area contributed by atoms with Gasteiger partial charge in [0.2, 0.25) is 0 Å². The van der Waals surface area contributed by atoms with Crippen molar-refractivity contribution in [2.75, 3.05) is 0 Å². The van der Waals surface area contributed by atoms with Crippen molar-refractivity contribution >= 4 is 28.7 Å². The molecule has 30 heavy (non-hydrogen) atoms. The number of fused-ring (bicyclic) bond motifs is 1. The highest BCUT2D eigenvalue weighted by Crippen LogP contribution is 2.28. The third-order valence-corrected chi connectivity index (χ3v) is 4.52. The lowest BCUT2D eigenvalue weighted by molar-refractivity contribution is -0.127. The van der Waals surface area contributed by atoms with Gasteiger partial charge < -0.3 is 19.7 Å². The third kappa shape index (κ3) is 4.57. The molecular formula is C21H21N3O6. The zero-order chi connectivity index (χ0) is 21.8. The molecule has 0 aliphatic carbocycles. The number of benzene rings is 2. The second-order valence-electron chi connectivity index (χ2n) is 6.69. The molecule has 0 aliphatic heterocycles. The molecule has 3 aromatic rings. The number of nitrogens with zero attached hydrogens (tertiary/aromatic N) is 1. The average Bonchev–Trinajstić information content (AvgIpc) is 3.02. The zero-order valence-corrected chi connectivity index (χ0v) is 16.7. The van der Waals surface area contributed by atoms with E-state index in [1.165, 1.54) is 6.92 Å². The van der Waals surface area contributed by atoms with Gasteiger partial charge in [0.25, 0.3) is 5.91 Å². The van der Waals surface area contributed by atoms with Gasteiger partial charge >= 0.3 is 12.0 Å². The van der Waals surface area contributed by atoms with Crippen molar-refractivity contribution in [1.82, 2.24) is 10.5 Å². The number of urea groups is 1. The molecule has 0 spiro atoms. The van der Waals surface area contributed by atoms with Crippen LogP contribution in [0.25, 0.3) is 10.8 Å². The quantitative estimate of drug-likeness (QED) is 0.596. The lowest BCUT2D eigenvalue weighted by Gasteiger charge is -2.15. The van der Waals surface area contributed by atoms with E-state index in [9.17, 15) is 14.4 Å². The van der Waals surface area contributed by atoms with Crippen molar-refractivity contribution in [2.45, 2.75) is 33.5 Å². The fraction of sp³-hybridized carbons (Fsp3) is 0.238. The van der Waals surface area contributed by atoms with Crippen LogP contribution in [0.3, 0.4) is 0 Å². The number of hydrogen-bond donors (Lipinski definition) is 2. The summed E-state index contributed by atoms with van der Waals surface area (Å²) in [5, 5.41) is 7.42. The molecule has 0 bridgehead atoms. The topological polar surface area (TPSA) is 134 Å². The molecule has 1 atom stereocenters. The Bertz CT molecular complexity index is 1100. The van der Waals surface area contributed by atoms with Crippen LogP contribution in [0, 0.1) is 13.8 Å². The van der Waals surface area contributed by atoms with Gasteiger partial charge in [-0.15, -0.1) is 0 Å². The van der Waals surface area contributed by atoms with Crippen LogP contribution in [0.5, 0.6) is 5.75 Å². The predicted molar refractivity (Wildman–Crippen MR) is 107 cm³/mol. The summed E-state index contributed by atoms with van der Waals surface area (Å²) >= 11 is 0. The van der Waals surface area contributed by atoms with Gasteiger partial charge in [-0.1, -0.05) is 29.4 Å². The summed E-state index contributed by atoms with van der Waals surface area (Å²) < 4.78 is 16.2. The lowest BCUT2D eigenvalue weighted by atomic mass is 10.1. The summed E-state index contributed by atoms with van der Waals surface area (Å²) in [7, 11) is 0. The van der Waals surface area contributed by atoms with Gasteiger partial charge in [-0.2, -0.15) is 0 Å². The minimum Gasteiger partial charge on any atom is -0.488 e. The molecule has 0 aliphatic rings. The molecule has 3 rings (SSSR count). The third-order valence-electron chi connectivity index (χ3n) is 4.52. The molecule has 0 unspecified atom stereocenters. The molecule has 1 aromatic heterocycles. The number of hydrogen-bond acceptors (Lipinski definition) is 7. The maximum absolute atomic E-state index is 12.8. The van der Waals surface area contributed by atoms with Crippen molar-refractivity contribution in [3.63, 3.8) is 0 Å². The van der Waals surface area contributed by atoms with E-state index in [2.05, 4.69) is 5.16 Å². The number of esters is 1. The van der Waals surface area contributed by atoms with Crippen LogP contribution in [-0.2, 0) is 16.1 Å². The van der Waals surface area contributed by atoms with Gasteiger partial charge in [-0.3, -0.25) is 10.1 Å². The molecule has 1 heterocycles. The van der Waals surface area contributed by atoms with E-state index in [1.807, 2.05) is 29.6 Å². The van der Waals surface area contributed by atoms with E-state index >= 15 is 0 Å². The molecule has 9 heteroatoms. The Kier molecular flexibility index (Phi) is 6.01. The number of amides is 3. The van der Waals surface area contributed by atoms with Gasteiger partial charge in [0, 0.05) is 0 Å². The van der Waals surface area contributed by atoms with Gasteiger partial charge in [0.05, 0.1) is 11.3 Å². The largest absolute Gasteiger partial charge is 0.488 e. The number of carbonyl (C=O) groups excluding carboxylic acids is 3. The monoisotopic (exact) mass is 411 g/mol. The number of nitrogens with one attached hydrogen (secondary N) is 1. The van der Waals surface area contributed by atoms with E-state index in [0.29, 0.717) is 11.5 Å². The van der Waals surface area contributed by atoms with Gasteiger partial charge in [-0.25, -0.2) is 9.59 Å². The SMILES string of the molecule is Cc1noc(C)c1COc1cc2ccccc2cc1C(=O)O[C@@H](C)C(=O)NC(N)=O. The summed E-state index contributed by atoms with van der Waals surface area (Å²) in [4.78, 5) is 35.5. The molecule has 3 amide bonds. The first-order chi connectivity index (χ1) is 14.3. The average molecular weight is 411 g/mol. The normalized spacial score (nSPS) is 11.7. The Morgan fingerprint density at radius 2 is 1.83 bits per heavy atom. The van der Waals surface area contributed by atoms with Gasteiger partial charge in [0.1, 0.15) is 23.7 Å². The molecular weight excluding hydrogens is 390 g/mol. The summed E-state index contributed by atoms with van der Waals surface area (Å²) in [5.74, 6) is -0.702. The van der Waals surface area contributed by atoms with Crippen LogP contribution in [0.2, 0.25) is 0 Å². The van der Waals surface area contributed by atoms with Crippen LogP contribution in [0.1, 0.15) is 34.3 Å². The second-order valence-corrected chi connectivity index (χ2v) is 6.69. The van der Waals surface area contributed by atoms with E-state index in [1.54, 1.807) is 26.0 Å². The molecule has 2 aromatic carbocycles. The van der Waals surface area contributed by atoms with Crippen LogP contribution in [0.15, 0.2) is 40.9 Å². The lowest BCUT2D eigenvalue weighted by Crippen LogP contribution is -2.42. The van der Waals surface area contributed by atoms with Crippen molar-refractivity contribution < 1.29 is 28.4 Å². The second kappa shape index (κ2) is 8.64. The highest BCUT2D eigenvalue weighted by atomic mass is 16.5. The first kappa shape index (κ1) is 20.8. The Balaban J connectivity index is 1.89. The molecule has 0 saturated heterocycles. The van der Waals surface area contributed by atoms with E-state index in [0.717, 1.165) is 16.3 Å². The van der Waals surface area contributed by atoms with Crippen LogP contribution < -0.4 is 15.8 Å². The Hall–Kier alpha value is -3.88. The summed E-state index contributed by atoms with van der Waals surface area (Å²) in [6.07, 6.45) is -1.23. The number of aryl methyl sites for hydroxylation is 2. The van der Waals surface area contributed by atoms with Crippen LogP contribution in [0.4, 0.5) is 4.79 Å². The number of primary amides is 1. The highest BCUT2D eigenvalue weighted by molar-refractivity contribution is 6.01. The Labute approximate surface area is 172 Å². The number of aromatic nitrogens is 1. The fourth-order valence-electron chi connectivity index (χ4n) is 2.86. The molecule has 0 fully saturated rings. The zero-order valence-electron chi connectivity index (χ0n) is 16.7. The molecule has 0 saturated carbocycles. The molecule has 3 N–H and O–H groups in total. The minimum absolute atomic E-state index is 0.136. The summed E-state index contributed by atoms with van der Waals surface area (Å²) in [6, 6.07) is 9.75. The Morgan fingerprint density at radius 1 is 1.17 bits per heavy atom. The van der Waals surface area contributed by atoms with E-state index < -0.39 is 24.0 Å². The van der Waals surface area contributed by atoms with Crippen molar-refractivity contribution in [3.8, 4) is 5.75 Å². The maximum Gasteiger partial charge on any atom is 0.342 e. The van der Waals surface area contributed by atoms with E-state index in [-0.39, 0.29) is 17.9 Å². The maximum atomic E-state index is 12.8. The fourth-order valence-corrected chi connectivity index (χ4v) is 2.86. The van der Waals surface area contributed by atoms with Crippen molar-refractivity contribution in [3.05, 3.63) is 59.0 Å².